The molecule has 1 aromatic carbocycles. The minimum Gasteiger partial charge on any atom is -0.398 e. The van der Waals surface area contributed by atoms with Crippen LogP contribution >= 0.6 is 15.9 Å². The number of benzene rings is 1. The van der Waals surface area contributed by atoms with Crippen LogP contribution in [0.5, 0.6) is 0 Å². The third-order valence-electron chi connectivity index (χ3n) is 3.13. The molecule has 0 heterocycles. The number of nitrogens with one attached hydrogen (secondary N) is 1. The van der Waals surface area contributed by atoms with Crippen molar-refractivity contribution < 1.29 is 4.79 Å². The second-order valence-electron chi connectivity index (χ2n) is 4.96. The normalized spacial score (nSPS) is 12.2. The van der Waals surface area contributed by atoms with Gasteiger partial charge in [0.25, 0.3) is 5.91 Å². The Balaban J connectivity index is 2.47. The quantitative estimate of drug-likeness (QED) is 0.585. The lowest BCUT2D eigenvalue weighted by atomic mass is 10.1. The highest BCUT2D eigenvalue weighted by atomic mass is 79.9. The molecule has 1 aromatic rings. The Kier molecular flexibility index (Phi) is 6.92. The smallest absolute Gasteiger partial charge is 0.253 e. The van der Waals surface area contributed by atoms with Crippen LogP contribution in [0.1, 0.15) is 56.3 Å². The summed E-state index contributed by atoms with van der Waals surface area (Å²) in [7, 11) is 0. The molecule has 0 saturated carbocycles. The number of halogens is 1. The van der Waals surface area contributed by atoms with E-state index in [0.29, 0.717) is 11.3 Å². The van der Waals surface area contributed by atoms with E-state index in [1.165, 1.54) is 19.3 Å². The highest BCUT2D eigenvalue weighted by Gasteiger charge is 2.12. The first-order valence-electron chi connectivity index (χ1n) is 6.90. The molecule has 3 N–H and O–H groups in total. The molecule has 0 aliphatic heterocycles. The summed E-state index contributed by atoms with van der Waals surface area (Å²) in [5.74, 6) is -0.0956. The third kappa shape index (κ3) is 5.64. The monoisotopic (exact) mass is 326 g/mol. The van der Waals surface area contributed by atoms with Crippen molar-refractivity contribution in [2.24, 2.45) is 0 Å². The highest BCUT2D eigenvalue weighted by Crippen LogP contribution is 2.18. The molecule has 1 unspecified atom stereocenters. The summed E-state index contributed by atoms with van der Waals surface area (Å²) in [6.45, 7) is 4.24. The number of carbonyl (C=O) groups excluding carboxylic acids is 1. The molecule has 3 nitrogen and oxygen atoms in total. The van der Waals surface area contributed by atoms with Gasteiger partial charge in [-0.05, 0) is 31.5 Å². The van der Waals surface area contributed by atoms with Crippen molar-refractivity contribution >= 4 is 27.5 Å². The summed E-state index contributed by atoms with van der Waals surface area (Å²) in [4.78, 5) is 12.1. The fourth-order valence-corrected chi connectivity index (χ4v) is 2.34. The van der Waals surface area contributed by atoms with Gasteiger partial charge >= 0.3 is 0 Å². The first-order chi connectivity index (χ1) is 9.04. The molecule has 0 saturated heterocycles. The summed E-state index contributed by atoms with van der Waals surface area (Å²) < 4.78 is 0.863. The van der Waals surface area contributed by atoms with Crippen LogP contribution in [-0.4, -0.2) is 11.9 Å². The maximum Gasteiger partial charge on any atom is 0.253 e. The first-order valence-corrected chi connectivity index (χ1v) is 7.69. The number of unbranched alkanes of at least 4 members (excludes halogenated alkanes) is 3. The number of anilines is 1. The Labute approximate surface area is 124 Å². The zero-order chi connectivity index (χ0) is 14.3. The Morgan fingerprint density at radius 1 is 1.37 bits per heavy atom. The van der Waals surface area contributed by atoms with Crippen LogP contribution in [0.15, 0.2) is 22.7 Å². The van der Waals surface area contributed by atoms with Gasteiger partial charge in [-0.1, -0.05) is 48.5 Å². The Morgan fingerprint density at radius 3 is 2.79 bits per heavy atom. The molecule has 0 aliphatic rings. The molecule has 0 aliphatic carbocycles. The van der Waals surface area contributed by atoms with Crippen molar-refractivity contribution in [1.82, 2.24) is 5.32 Å². The molecule has 1 atom stereocenters. The van der Waals surface area contributed by atoms with Crippen molar-refractivity contribution in [3.8, 4) is 0 Å². The molecule has 1 amide bonds. The molecule has 106 valence electrons. The van der Waals surface area contributed by atoms with E-state index in [1.807, 2.05) is 13.0 Å². The van der Waals surface area contributed by atoms with Crippen LogP contribution in [0.25, 0.3) is 0 Å². The largest absolute Gasteiger partial charge is 0.398 e. The summed E-state index contributed by atoms with van der Waals surface area (Å²) in [5, 5.41) is 3.00. The van der Waals surface area contributed by atoms with E-state index in [2.05, 4.69) is 28.2 Å². The summed E-state index contributed by atoms with van der Waals surface area (Å²) in [6, 6.07) is 5.52. The average molecular weight is 327 g/mol. The van der Waals surface area contributed by atoms with Gasteiger partial charge in [-0.3, -0.25) is 4.79 Å². The number of hydrogen-bond donors (Lipinski definition) is 2. The van der Waals surface area contributed by atoms with E-state index in [9.17, 15) is 4.79 Å². The Hall–Kier alpha value is -1.03. The van der Waals surface area contributed by atoms with Crippen LogP contribution in [0.4, 0.5) is 5.69 Å². The molecule has 4 heteroatoms. The van der Waals surface area contributed by atoms with E-state index in [4.69, 9.17) is 5.73 Å². The predicted molar refractivity (Wildman–Crippen MR) is 84.2 cm³/mol. The topological polar surface area (TPSA) is 55.1 Å². The minimum atomic E-state index is -0.0956. The number of hydrogen-bond acceptors (Lipinski definition) is 2. The van der Waals surface area contributed by atoms with Gasteiger partial charge in [0.05, 0.1) is 5.56 Å². The van der Waals surface area contributed by atoms with Crippen molar-refractivity contribution in [3.05, 3.63) is 28.2 Å². The van der Waals surface area contributed by atoms with Crippen molar-refractivity contribution in [2.75, 3.05) is 5.73 Å². The van der Waals surface area contributed by atoms with E-state index >= 15 is 0 Å². The molecular weight excluding hydrogens is 304 g/mol. The van der Waals surface area contributed by atoms with Gasteiger partial charge < -0.3 is 11.1 Å². The summed E-state index contributed by atoms with van der Waals surface area (Å²) in [5.41, 5.74) is 6.87. The van der Waals surface area contributed by atoms with Gasteiger partial charge in [0.1, 0.15) is 0 Å². The van der Waals surface area contributed by atoms with Crippen LogP contribution in [-0.2, 0) is 0 Å². The molecule has 19 heavy (non-hydrogen) atoms. The van der Waals surface area contributed by atoms with Crippen molar-refractivity contribution in [3.63, 3.8) is 0 Å². The van der Waals surface area contributed by atoms with Crippen LogP contribution in [0.3, 0.4) is 0 Å². The van der Waals surface area contributed by atoms with Crippen LogP contribution in [0.2, 0.25) is 0 Å². The zero-order valence-corrected chi connectivity index (χ0v) is 13.3. The number of rotatable bonds is 7. The Bertz CT molecular complexity index is 421. The second-order valence-corrected chi connectivity index (χ2v) is 5.87. The number of carbonyl (C=O) groups is 1. The molecule has 1 rings (SSSR count). The molecular formula is C15H23BrN2O. The van der Waals surface area contributed by atoms with E-state index in [0.717, 1.165) is 17.3 Å². The minimum absolute atomic E-state index is 0.0956. The maximum absolute atomic E-state index is 12.1. The fraction of sp³-hybridized carbons (Fsp3) is 0.533. The predicted octanol–water partition coefficient (Wildman–Crippen LogP) is 4.12. The van der Waals surface area contributed by atoms with Gasteiger partial charge in [0, 0.05) is 16.2 Å². The second kappa shape index (κ2) is 8.20. The third-order valence-corrected chi connectivity index (χ3v) is 3.62. The Morgan fingerprint density at radius 2 is 2.11 bits per heavy atom. The molecule has 0 fully saturated rings. The van der Waals surface area contributed by atoms with Gasteiger partial charge in [0.15, 0.2) is 0 Å². The van der Waals surface area contributed by atoms with Gasteiger partial charge in [0.2, 0.25) is 0 Å². The van der Waals surface area contributed by atoms with Crippen molar-refractivity contribution in [1.29, 1.82) is 0 Å². The lowest BCUT2D eigenvalue weighted by molar-refractivity contribution is 0.0938. The zero-order valence-electron chi connectivity index (χ0n) is 11.7. The van der Waals surface area contributed by atoms with E-state index < -0.39 is 0 Å². The van der Waals surface area contributed by atoms with Gasteiger partial charge in [-0.2, -0.15) is 0 Å². The lowest BCUT2D eigenvalue weighted by Crippen LogP contribution is -2.33. The highest BCUT2D eigenvalue weighted by molar-refractivity contribution is 9.10. The lowest BCUT2D eigenvalue weighted by Gasteiger charge is -2.14. The summed E-state index contributed by atoms with van der Waals surface area (Å²) >= 11 is 3.35. The number of nitrogen functional groups attached to an aromatic ring is 1. The van der Waals surface area contributed by atoms with E-state index in [-0.39, 0.29) is 11.9 Å². The van der Waals surface area contributed by atoms with E-state index in [1.54, 1.807) is 12.1 Å². The summed E-state index contributed by atoms with van der Waals surface area (Å²) in [6.07, 6.45) is 5.90. The van der Waals surface area contributed by atoms with Crippen molar-refractivity contribution in [2.45, 2.75) is 52.0 Å². The average Bonchev–Trinajstić information content (AvgIpc) is 2.37. The molecule has 0 bridgehead atoms. The van der Waals surface area contributed by atoms with Gasteiger partial charge in [-0.15, -0.1) is 0 Å². The standard InChI is InChI=1S/C15H23BrN2O/c1-3-4-5-6-7-11(2)18-15(19)13-10-12(16)8-9-14(13)17/h8-11H,3-7,17H2,1-2H3,(H,18,19). The first kappa shape index (κ1) is 16.0. The molecule has 0 spiro atoms. The maximum atomic E-state index is 12.1. The van der Waals surface area contributed by atoms with Crippen LogP contribution in [0, 0.1) is 0 Å². The molecule has 0 aromatic heterocycles. The van der Waals surface area contributed by atoms with Crippen LogP contribution < -0.4 is 11.1 Å². The SMILES string of the molecule is CCCCCCC(C)NC(=O)c1cc(Br)ccc1N. The van der Waals surface area contributed by atoms with Gasteiger partial charge in [-0.25, -0.2) is 0 Å². The fourth-order valence-electron chi connectivity index (χ4n) is 1.98. The number of nitrogens with two attached hydrogens (primary N) is 1. The number of amides is 1. The molecule has 0 radical (unpaired) electrons.